The van der Waals surface area contributed by atoms with Crippen LogP contribution < -0.4 is 10.5 Å². The number of nitrogen functional groups attached to an aromatic ring is 1. The summed E-state index contributed by atoms with van der Waals surface area (Å²) in [7, 11) is 1.60. The lowest BCUT2D eigenvalue weighted by molar-refractivity contribution is 0.411. The topological polar surface area (TPSA) is 48.1 Å². The van der Waals surface area contributed by atoms with Crippen molar-refractivity contribution in [1.82, 2.24) is 4.98 Å². The highest BCUT2D eigenvalue weighted by Crippen LogP contribution is 2.13. The van der Waals surface area contributed by atoms with Crippen molar-refractivity contribution < 1.29 is 4.74 Å². The van der Waals surface area contributed by atoms with Crippen LogP contribution >= 0.6 is 0 Å². The van der Waals surface area contributed by atoms with Gasteiger partial charge in [-0.15, -0.1) is 0 Å². The molecule has 3 heteroatoms. The Morgan fingerprint density at radius 2 is 2.06 bits per heavy atom. The zero-order valence-electron chi connectivity index (χ0n) is 9.47. The quantitative estimate of drug-likeness (QED) is 0.596. The molecule has 2 aromatic rings. The van der Waals surface area contributed by atoms with Crippen molar-refractivity contribution in [3.8, 4) is 17.6 Å². The minimum atomic E-state index is 0.623. The van der Waals surface area contributed by atoms with E-state index in [-0.39, 0.29) is 0 Å². The van der Waals surface area contributed by atoms with Crippen molar-refractivity contribution in [3.63, 3.8) is 0 Å². The summed E-state index contributed by atoms with van der Waals surface area (Å²) in [4.78, 5) is 4.16. The third-order valence-corrected chi connectivity index (χ3v) is 2.20. The number of hydrogen-bond acceptors (Lipinski definition) is 3. The zero-order chi connectivity index (χ0) is 12.1. The molecule has 1 aromatic heterocycles. The number of ether oxygens (including phenoxy) is 1. The molecule has 0 fully saturated rings. The lowest BCUT2D eigenvalue weighted by atomic mass is 10.2. The fraction of sp³-hybridized carbons (Fsp3) is 0.0714. The summed E-state index contributed by atoms with van der Waals surface area (Å²) >= 11 is 0. The second kappa shape index (κ2) is 5.04. The van der Waals surface area contributed by atoms with Crippen LogP contribution in [0, 0.1) is 11.8 Å². The number of benzene rings is 1. The van der Waals surface area contributed by atoms with Gasteiger partial charge < -0.3 is 10.5 Å². The number of methoxy groups -OCH3 is 1. The molecule has 0 saturated carbocycles. The SMILES string of the molecule is COc1cccnc1C#Cc1cccc(N)c1. The van der Waals surface area contributed by atoms with Gasteiger partial charge in [0.2, 0.25) is 0 Å². The maximum absolute atomic E-state index is 5.68. The molecule has 1 aromatic carbocycles. The molecule has 3 nitrogen and oxygen atoms in total. The molecule has 0 aliphatic rings. The van der Waals surface area contributed by atoms with Crippen LogP contribution in [0.3, 0.4) is 0 Å². The van der Waals surface area contributed by atoms with Crippen molar-refractivity contribution in [1.29, 1.82) is 0 Å². The first-order valence-corrected chi connectivity index (χ1v) is 5.16. The number of hydrogen-bond donors (Lipinski definition) is 1. The summed E-state index contributed by atoms with van der Waals surface area (Å²) in [5.74, 6) is 6.64. The van der Waals surface area contributed by atoms with Crippen LogP contribution in [0.25, 0.3) is 0 Å². The first-order valence-electron chi connectivity index (χ1n) is 5.16. The molecule has 0 unspecified atom stereocenters. The van der Waals surface area contributed by atoms with Gasteiger partial charge in [0.15, 0.2) is 11.4 Å². The summed E-state index contributed by atoms with van der Waals surface area (Å²) in [6.45, 7) is 0. The minimum absolute atomic E-state index is 0.623. The number of rotatable bonds is 1. The Morgan fingerprint density at radius 1 is 1.18 bits per heavy atom. The molecular weight excluding hydrogens is 212 g/mol. The van der Waals surface area contributed by atoms with E-state index in [9.17, 15) is 0 Å². The van der Waals surface area contributed by atoms with Crippen LogP contribution in [0.5, 0.6) is 5.75 Å². The van der Waals surface area contributed by atoms with Gasteiger partial charge in [0.05, 0.1) is 7.11 Å². The van der Waals surface area contributed by atoms with E-state index in [1.807, 2.05) is 36.4 Å². The van der Waals surface area contributed by atoms with Crippen LogP contribution in [-0.4, -0.2) is 12.1 Å². The van der Waals surface area contributed by atoms with Crippen molar-refractivity contribution in [2.24, 2.45) is 0 Å². The van der Waals surface area contributed by atoms with E-state index >= 15 is 0 Å². The summed E-state index contributed by atoms with van der Waals surface area (Å²) in [5, 5.41) is 0. The third-order valence-electron chi connectivity index (χ3n) is 2.20. The molecule has 0 radical (unpaired) electrons. The molecule has 0 bridgehead atoms. The number of aromatic nitrogens is 1. The van der Waals surface area contributed by atoms with E-state index in [0.717, 1.165) is 5.56 Å². The van der Waals surface area contributed by atoms with E-state index in [1.165, 1.54) is 0 Å². The van der Waals surface area contributed by atoms with Crippen LogP contribution in [0.4, 0.5) is 5.69 Å². The summed E-state index contributed by atoms with van der Waals surface area (Å²) in [6.07, 6.45) is 1.69. The molecule has 0 aliphatic carbocycles. The predicted molar refractivity (Wildman–Crippen MR) is 67.6 cm³/mol. The molecular formula is C14H12N2O. The fourth-order valence-electron chi connectivity index (χ4n) is 1.40. The Balaban J connectivity index is 2.33. The van der Waals surface area contributed by atoms with Gasteiger partial charge in [-0.3, -0.25) is 0 Å². The first-order chi connectivity index (χ1) is 8.29. The average Bonchev–Trinajstić information content (AvgIpc) is 2.37. The Bertz CT molecular complexity index is 582. The molecule has 17 heavy (non-hydrogen) atoms. The van der Waals surface area contributed by atoms with Gasteiger partial charge >= 0.3 is 0 Å². The van der Waals surface area contributed by atoms with Crippen LogP contribution in [0.2, 0.25) is 0 Å². The number of nitrogens with two attached hydrogens (primary N) is 1. The van der Waals surface area contributed by atoms with E-state index < -0.39 is 0 Å². The highest BCUT2D eigenvalue weighted by Gasteiger charge is 1.98. The molecule has 2 rings (SSSR count). The largest absolute Gasteiger partial charge is 0.494 e. The van der Waals surface area contributed by atoms with Gasteiger partial charge in [0.1, 0.15) is 0 Å². The number of nitrogens with zero attached hydrogens (tertiary/aromatic N) is 1. The van der Waals surface area contributed by atoms with Gasteiger partial charge in [-0.2, -0.15) is 0 Å². The van der Waals surface area contributed by atoms with Crippen molar-refractivity contribution in [2.75, 3.05) is 12.8 Å². The number of anilines is 1. The van der Waals surface area contributed by atoms with Crippen LogP contribution in [-0.2, 0) is 0 Å². The molecule has 0 atom stereocenters. The second-order valence-electron chi connectivity index (χ2n) is 3.43. The van der Waals surface area contributed by atoms with E-state index in [0.29, 0.717) is 17.1 Å². The molecule has 0 spiro atoms. The van der Waals surface area contributed by atoms with Gasteiger partial charge in [-0.1, -0.05) is 12.0 Å². The van der Waals surface area contributed by atoms with Crippen LogP contribution in [0.15, 0.2) is 42.6 Å². The minimum Gasteiger partial charge on any atom is -0.494 e. The molecule has 2 N–H and O–H groups in total. The van der Waals surface area contributed by atoms with Gasteiger partial charge in [0, 0.05) is 17.4 Å². The maximum Gasteiger partial charge on any atom is 0.155 e. The van der Waals surface area contributed by atoms with Crippen molar-refractivity contribution >= 4 is 5.69 Å². The van der Waals surface area contributed by atoms with E-state index in [2.05, 4.69) is 16.8 Å². The van der Waals surface area contributed by atoms with Gasteiger partial charge in [-0.05, 0) is 36.3 Å². The van der Waals surface area contributed by atoms with Crippen molar-refractivity contribution in [2.45, 2.75) is 0 Å². The highest BCUT2D eigenvalue weighted by atomic mass is 16.5. The predicted octanol–water partition coefficient (Wildman–Crippen LogP) is 2.07. The van der Waals surface area contributed by atoms with E-state index in [4.69, 9.17) is 10.5 Å². The summed E-state index contributed by atoms with van der Waals surface area (Å²) < 4.78 is 5.17. The van der Waals surface area contributed by atoms with Crippen LogP contribution in [0.1, 0.15) is 11.3 Å². The lowest BCUT2D eigenvalue weighted by Gasteiger charge is -1.99. The monoisotopic (exact) mass is 224 g/mol. The number of pyridine rings is 1. The first kappa shape index (κ1) is 11.0. The molecule has 1 heterocycles. The Morgan fingerprint density at radius 3 is 2.82 bits per heavy atom. The smallest absolute Gasteiger partial charge is 0.155 e. The Labute approximate surface area is 100 Å². The Hall–Kier alpha value is -2.47. The lowest BCUT2D eigenvalue weighted by Crippen LogP contribution is -1.90. The zero-order valence-corrected chi connectivity index (χ0v) is 9.47. The van der Waals surface area contributed by atoms with Gasteiger partial charge in [0.25, 0.3) is 0 Å². The Kier molecular flexibility index (Phi) is 3.27. The third kappa shape index (κ3) is 2.76. The summed E-state index contributed by atoms with van der Waals surface area (Å²) in [5.41, 5.74) is 7.86. The normalized spacial score (nSPS) is 9.24. The second-order valence-corrected chi connectivity index (χ2v) is 3.43. The fourth-order valence-corrected chi connectivity index (χ4v) is 1.40. The van der Waals surface area contributed by atoms with E-state index in [1.54, 1.807) is 13.3 Å². The van der Waals surface area contributed by atoms with Gasteiger partial charge in [-0.25, -0.2) is 4.98 Å². The molecule has 84 valence electrons. The highest BCUT2D eigenvalue weighted by molar-refractivity contribution is 5.50. The average molecular weight is 224 g/mol. The molecule has 0 amide bonds. The molecule has 0 saturated heterocycles. The standard InChI is InChI=1S/C14H12N2O/c1-17-14-6-3-9-16-13(14)8-7-11-4-2-5-12(15)10-11/h2-6,9-10H,15H2,1H3. The van der Waals surface area contributed by atoms with Crippen molar-refractivity contribution in [3.05, 3.63) is 53.9 Å². The molecule has 0 aliphatic heterocycles. The maximum atomic E-state index is 5.68. The summed E-state index contributed by atoms with van der Waals surface area (Å²) in [6, 6.07) is 11.1.